The summed E-state index contributed by atoms with van der Waals surface area (Å²) >= 11 is 0. The first kappa shape index (κ1) is 20.2. The molecule has 0 heteroatoms. The van der Waals surface area contributed by atoms with Gasteiger partial charge in [0, 0.05) is 0 Å². The molecule has 0 heterocycles. The first-order valence-corrected chi connectivity index (χ1v) is 13.3. The molecule has 0 aliphatic heterocycles. The fraction of sp³-hybridized carbons (Fsp3) is 0. The van der Waals surface area contributed by atoms with E-state index >= 15 is 0 Å². The monoisotopic (exact) mass is 478 g/mol. The highest BCUT2D eigenvalue weighted by Crippen LogP contribution is 2.54. The maximum atomic E-state index is 2.36. The molecule has 0 atom stereocenters. The minimum Gasteiger partial charge on any atom is -0.0616 e. The highest BCUT2D eigenvalue weighted by atomic mass is 14.3. The molecule has 0 bridgehead atoms. The van der Waals surface area contributed by atoms with Crippen molar-refractivity contribution in [3.05, 3.63) is 133 Å². The van der Waals surface area contributed by atoms with Crippen molar-refractivity contribution in [3.63, 3.8) is 0 Å². The number of fused-ring (bicyclic) bond motifs is 11. The fourth-order valence-corrected chi connectivity index (χ4v) is 7.03. The van der Waals surface area contributed by atoms with Crippen molar-refractivity contribution >= 4 is 53.9 Å². The highest BCUT2D eigenvalue weighted by Gasteiger charge is 2.27. The van der Waals surface area contributed by atoms with Gasteiger partial charge in [-0.05, 0) is 87.2 Å². The van der Waals surface area contributed by atoms with Gasteiger partial charge in [0.15, 0.2) is 0 Å². The van der Waals surface area contributed by atoms with Gasteiger partial charge in [-0.25, -0.2) is 0 Å². The van der Waals surface area contributed by atoms with Crippen LogP contribution < -0.4 is 0 Å². The Bertz CT molecular complexity index is 2240. The average Bonchev–Trinajstić information content (AvgIpc) is 3.34. The molecule has 174 valence electrons. The predicted molar refractivity (Wildman–Crippen MR) is 164 cm³/mol. The van der Waals surface area contributed by atoms with Crippen LogP contribution in [0.3, 0.4) is 0 Å². The zero-order chi connectivity index (χ0) is 24.8. The van der Waals surface area contributed by atoms with E-state index < -0.39 is 0 Å². The second-order valence-electron chi connectivity index (χ2n) is 10.4. The minimum absolute atomic E-state index is 1.29. The summed E-state index contributed by atoms with van der Waals surface area (Å²) in [5.74, 6) is 0. The lowest BCUT2D eigenvalue weighted by molar-refractivity contribution is 1.70. The maximum absolute atomic E-state index is 2.36. The largest absolute Gasteiger partial charge is 0.0616 e. The lowest BCUT2D eigenvalue weighted by Crippen LogP contribution is -1.90. The predicted octanol–water partition coefficient (Wildman–Crippen LogP) is 10.8. The number of benzene rings is 8. The van der Waals surface area contributed by atoms with E-state index in [1.807, 2.05) is 0 Å². The quantitative estimate of drug-likeness (QED) is 0.206. The third-order valence-corrected chi connectivity index (χ3v) is 8.57. The van der Waals surface area contributed by atoms with Crippen molar-refractivity contribution in [2.45, 2.75) is 0 Å². The molecule has 1 aliphatic rings. The molecule has 9 rings (SSSR count). The topological polar surface area (TPSA) is 0 Å². The van der Waals surface area contributed by atoms with Gasteiger partial charge in [-0.1, -0.05) is 133 Å². The molecule has 1 aliphatic carbocycles. The van der Waals surface area contributed by atoms with Crippen LogP contribution >= 0.6 is 0 Å². The molecule has 0 aromatic heterocycles. The zero-order valence-corrected chi connectivity index (χ0v) is 20.7. The molecular weight excluding hydrogens is 456 g/mol. The van der Waals surface area contributed by atoms with Gasteiger partial charge in [0.1, 0.15) is 0 Å². The first-order valence-electron chi connectivity index (χ1n) is 13.3. The van der Waals surface area contributed by atoms with E-state index in [-0.39, 0.29) is 0 Å². The highest BCUT2D eigenvalue weighted by molar-refractivity contribution is 6.31. The molecule has 0 fully saturated rings. The fourth-order valence-electron chi connectivity index (χ4n) is 7.03. The Morgan fingerprint density at radius 2 is 0.711 bits per heavy atom. The SMILES string of the molecule is c1ccc2c3c(ccc2c1)-c1cccc2ccc(-c4cccc5c6ccccc6c6ccccc6c45)c-3c12. The molecule has 0 amide bonds. The van der Waals surface area contributed by atoms with Crippen LogP contribution in [0.2, 0.25) is 0 Å². The summed E-state index contributed by atoms with van der Waals surface area (Å²) < 4.78 is 0. The average molecular weight is 479 g/mol. The lowest BCUT2D eigenvalue weighted by Gasteiger charge is -2.17. The van der Waals surface area contributed by atoms with Crippen molar-refractivity contribution in [1.82, 2.24) is 0 Å². The number of rotatable bonds is 1. The van der Waals surface area contributed by atoms with Crippen LogP contribution in [0.15, 0.2) is 133 Å². The van der Waals surface area contributed by atoms with Crippen molar-refractivity contribution < 1.29 is 0 Å². The normalized spacial score (nSPS) is 12.2. The summed E-state index contributed by atoms with van der Waals surface area (Å²) in [6.07, 6.45) is 0. The summed E-state index contributed by atoms with van der Waals surface area (Å²) in [5, 5.41) is 13.2. The van der Waals surface area contributed by atoms with E-state index in [0.717, 1.165) is 0 Å². The van der Waals surface area contributed by atoms with Crippen LogP contribution in [0.25, 0.3) is 87.2 Å². The molecular formula is C38H22. The Hall–Kier alpha value is -4.94. The third kappa shape index (κ3) is 2.50. The van der Waals surface area contributed by atoms with Gasteiger partial charge >= 0.3 is 0 Å². The molecule has 38 heavy (non-hydrogen) atoms. The van der Waals surface area contributed by atoms with Crippen LogP contribution in [-0.4, -0.2) is 0 Å². The number of hydrogen-bond acceptors (Lipinski definition) is 0. The van der Waals surface area contributed by atoms with Crippen LogP contribution in [0.5, 0.6) is 0 Å². The standard InChI is InChI=1S/C38H22/c1-2-11-25-23(9-1)19-21-33-31-16-7-10-24-20-22-34(38(35(24)31)37(25)33)32-18-8-17-30-28-13-4-3-12-26(28)27-14-5-6-15-29(27)36(30)32/h1-22H. The zero-order valence-electron chi connectivity index (χ0n) is 20.7. The second-order valence-corrected chi connectivity index (χ2v) is 10.4. The van der Waals surface area contributed by atoms with E-state index in [4.69, 9.17) is 0 Å². The summed E-state index contributed by atoms with van der Waals surface area (Å²) in [4.78, 5) is 0. The smallest absolute Gasteiger partial charge is 0.000785 e. The van der Waals surface area contributed by atoms with Crippen LogP contribution in [0, 0.1) is 0 Å². The second kappa shape index (κ2) is 7.31. The molecule has 0 spiro atoms. The van der Waals surface area contributed by atoms with Crippen molar-refractivity contribution in [3.8, 4) is 33.4 Å². The molecule has 8 aromatic rings. The van der Waals surface area contributed by atoms with Crippen molar-refractivity contribution in [1.29, 1.82) is 0 Å². The Kier molecular flexibility index (Phi) is 3.88. The van der Waals surface area contributed by atoms with E-state index in [1.54, 1.807) is 0 Å². The lowest BCUT2D eigenvalue weighted by atomic mass is 9.85. The Balaban J connectivity index is 1.51. The van der Waals surface area contributed by atoms with Gasteiger partial charge in [0.25, 0.3) is 0 Å². The van der Waals surface area contributed by atoms with Crippen LogP contribution in [-0.2, 0) is 0 Å². The van der Waals surface area contributed by atoms with E-state index in [0.29, 0.717) is 0 Å². The van der Waals surface area contributed by atoms with Crippen molar-refractivity contribution in [2.75, 3.05) is 0 Å². The van der Waals surface area contributed by atoms with Gasteiger partial charge < -0.3 is 0 Å². The number of hydrogen-bond donors (Lipinski definition) is 0. The third-order valence-electron chi connectivity index (χ3n) is 8.57. The summed E-state index contributed by atoms with van der Waals surface area (Å²) in [6.45, 7) is 0. The van der Waals surface area contributed by atoms with Gasteiger partial charge in [-0.2, -0.15) is 0 Å². The summed E-state index contributed by atoms with van der Waals surface area (Å²) in [6, 6.07) is 49.4. The Morgan fingerprint density at radius 3 is 1.45 bits per heavy atom. The minimum atomic E-state index is 1.29. The summed E-state index contributed by atoms with van der Waals surface area (Å²) in [7, 11) is 0. The van der Waals surface area contributed by atoms with E-state index in [2.05, 4.69) is 133 Å². The molecule has 0 radical (unpaired) electrons. The van der Waals surface area contributed by atoms with Crippen molar-refractivity contribution in [2.24, 2.45) is 0 Å². The Morgan fingerprint density at radius 1 is 0.237 bits per heavy atom. The van der Waals surface area contributed by atoms with Crippen LogP contribution in [0.4, 0.5) is 0 Å². The van der Waals surface area contributed by atoms with Gasteiger partial charge in [0.05, 0.1) is 0 Å². The molecule has 0 saturated heterocycles. The molecule has 8 aromatic carbocycles. The Labute approximate surface area is 220 Å². The molecule has 0 unspecified atom stereocenters. The van der Waals surface area contributed by atoms with Gasteiger partial charge in [-0.3, -0.25) is 0 Å². The summed E-state index contributed by atoms with van der Waals surface area (Å²) in [5.41, 5.74) is 8.03. The van der Waals surface area contributed by atoms with E-state index in [1.165, 1.54) is 87.2 Å². The molecule has 0 nitrogen and oxygen atoms in total. The maximum Gasteiger partial charge on any atom is -0.000785 e. The molecule has 0 N–H and O–H groups in total. The van der Waals surface area contributed by atoms with Gasteiger partial charge in [-0.15, -0.1) is 0 Å². The molecule has 0 saturated carbocycles. The van der Waals surface area contributed by atoms with Crippen LogP contribution in [0.1, 0.15) is 0 Å². The van der Waals surface area contributed by atoms with Gasteiger partial charge in [0.2, 0.25) is 0 Å². The van der Waals surface area contributed by atoms with E-state index in [9.17, 15) is 0 Å². The first-order chi connectivity index (χ1) is 18.9.